The number of amides is 1. The van der Waals surface area contributed by atoms with Gasteiger partial charge in [0.05, 0.1) is 5.02 Å². The van der Waals surface area contributed by atoms with Crippen LogP contribution in [0.1, 0.15) is 31.1 Å². The van der Waals surface area contributed by atoms with E-state index < -0.39 is 5.82 Å². The molecule has 2 aromatic rings. The van der Waals surface area contributed by atoms with Crippen LogP contribution in [-0.2, 0) is 0 Å². The van der Waals surface area contributed by atoms with Crippen LogP contribution in [0.5, 0.6) is 0 Å². The van der Waals surface area contributed by atoms with Crippen LogP contribution < -0.4 is 10.0 Å². The maximum atomic E-state index is 13.2. The van der Waals surface area contributed by atoms with Crippen molar-refractivity contribution < 1.29 is 9.18 Å². The quantitative estimate of drug-likeness (QED) is 0.710. The second-order valence-electron chi connectivity index (χ2n) is 6.46. The average Bonchev–Trinajstić information content (AvgIpc) is 2.50. The molecule has 0 fully saturated rings. The molecule has 1 heterocycles. The van der Waals surface area contributed by atoms with E-state index in [-0.39, 0.29) is 16.3 Å². The molecule has 1 amide bonds. The molecule has 1 aromatic heterocycles. The Kier molecular flexibility index (Phi) is 6.07. The Hall–Kier alpha value is -1.79. The van der Waals surface area contributed by atoms with Gasteiger partial charge >= 0.3 is 0 Å². The third-order valence-corrected chi connectivity index (χ3v) is 4.53. The Balaban J connectivity index is 2.01. The minimum atomic E-state index is -0.527. The summed E-state index contributed by atoms with van der Waals surface area (Å²) in [6.07, 6.45) is 1.56. The molecule has 4 nitrogen and oxygen atoms in total. The van der Waals surface area contributed by atoms with Gasteiger partial charge in [0.15, 0.2) is 0 Å². The Morgan fingerprint density at radius 2 is 2.04 bits per heavy atom. The zero-order chi connectivity index (χ0) is 17.7. The number of anilines is 2. The van der Waals surface area contributed by atoms with E-state index >= 15 is 0 Å². The van der Waals surface area contributed by atoms with E-state index in [4.69, 9.17) is 11.6 Å². The largest absolute Gasteiger partial charge is 0.322 e. The molecule has 0 radical (unpaired) electrons. The van der Waals surface area contributed by atoms with Crippen LogP contribution in [0.4, 0.5) is 15.9 Å². The van der Waals surface area contributed by atoms with Gasteiger partial charge in [0.2, 0.25) is 0 Å². The van der Waals surface area contributed by atoms with Crippen LogP contribution in [0.15, 0.2) is 36.5 Å². The molecule has 128 valence electrons. The number of rotatable bonds is 5. The van der Waals surface area contributed by atoms with Crippen molar-refractivity contribution in [3.63, 3.8) is 0 Å². The number of halogens is 2. The third-order valence-electron chi connectivity index (χ3n) is 2.88. The van der Waals surface area contributed by atoms with Crippen molar-refractivity contribution in [3.8, 4) is 0 Å². The van der Waals surface area contributed by atoms with Crippen LogP contribution in [0, 0.1) is 11.2 Å². The molecule has 24 heavy (non-hydrogen) atoms. The predicted molar refractivity (Wildman–Crippen MR) is 99.1 cm³/mol. The van der Waals surface area contributed by atoms with Gasteiger partial charge in [-0.25, -0.2) is 9.37 Å². The Bertz CT molecular complexity index is 734. The predicted octanol–water partition coefficient (Wildman–Crippen LogP) is 5.23. The second-order valence-corrected chi connectivity index (χ2v) is 7.65. The molecule has 0 aliphatic heterocycles. The normalized spacial score (nSPS) is 11.2. The van der Waals surface area contributed by atoms with E-state index in [2.05, 4.69) is 35.8 Å². The second kappa shape index (κ2) is 7.85. The maximum Gasteiger partial charge on any atom is 0.255 e. The molecule has 0 unspecified atom stereocenters. The van der Waals surface area contributed by atoms with Gasteiger partial charge in [-0.15, -0.1) is 0 Å². The zero-order valence-corrected chi connectivity index (χ0v) is 15.3. The minimum Gasteiger partial charge on any atom is -0.322 e. The van der Waals surface area contributed by atoms with Crippen LogP contribution in [0.2, 0.25) is 5.02 Å². The molecule has 0 atom stereocenters. The molecule has 2 N–H and O–H groups in total. The highest BCUT2D eigenvalue weighted by Crippen LogP contribution is 2.22. The molecule has 1 aromatic carbocycles. The van der Waals surface area contributed by atoms with E-state index in [1.54, 1.807) is 18.3 Å². The highest BCUT2D eigenvalue weighted by Gasteiger charge is 2.12. The number of nitrogens with one attached hydrogen (secondary N) is 2. The van der Waals surface area contributed by atoms with Gasteiger partial charge in [-0.3, -0.25) is 4.79 Å². The molecule has 0 saturated carbocycles. The standard InChI is InChI=1S/C17H19ClFN3OS/c1-17(2,3)10-24-22-15-8-11(6-7-20-15)16(23)21-12-4-5-14(19)13(18)9-12/h4-9H,10H2,1-3H3,(H,20,22)(H,21,23). The fraction of sp³-hybridized carbons (Fsp3) is 0.294. The van der Waals surface area contributed by atoms with Crippen molar-refractivity contribution in [2.45, 2.75) is 20.8 Å². The summed E-state index contributed by atoms with van der Waals surface area (Å²) in [6.45, 7) is 6.44. The van der Waals surface area contributed by atoms with Crippen molar-refractivity contribution in [2.24, 2.45) is 5.41 Å². The Morgan fingerprint density at radius 1 is 1.29 bits per heavy atom. The van der Waals surface area contributed by atoms with Crippen LogP contribution >= 0.6 is 23.5 Å². The van der Waals surface area contributed by atoms with E-state index in [9.17, 15) is 9.18 Å². The molecular weight excluding hydrogens is 349 g/mol. The number of benzene rings is 1. The molecule has 0 saturated heterocycles. The van der Waals surface area contributed by atoms with Gasteiger partial charge in [-0.05, 0) is 35.7 Å². The van der Waals surface area contributed by atoms with Crippen molar-refractivity contribution in [2.75, 3.05) is 15.8 Å². The smallest absolute Gasteiger partial charge is 0.255 e. The van der Waals surface area contributed by atoms with Crippen molar-refractivity contribution >= 4 is 41.0 Å². The van der Waals surface area contributed by atoms with Crippen LogP contribution in [0.25, 0.3) is 0 Å². The summed E-state index contributed by atoms with van der Waals surface area (Å²) in [5.41, 5.74) is 1.07. The van der Waals surface area contributed by atoms with Crippen molar-refractivity contribution in [3.05, 3.63) is 52.9 Å². The summed E-state index contributed by atoms with van der Waals surface area (Å²) in [6, 6.07) is 7.31. The third kappa shape index (κ3) is 5.69. The van der Waals surface area contributed by atoms with Gasteiger partial charge < -0.3 is 10.0 Å². The number of carbonyl (C=O) groups is 1. The van der Waals surface area contributed by atoms with Crippen molar-refractivity contribution in [1.29, 1.82) is 0 Å². The molecule has 0 spiro atoms. The fourth-order valence-electron chi connectivity index (χ4n) is 1.73. The topological polar surface area (TPSA) is 54.0 Å². The summed E-state index contributed by atoms with van der Waals surface area (Å²) in [4.78, 5) is 16.5. The minimum absolute atomic E-state index is 0.0385. The molecule has 0 bridgehead atoms. The highest BCUT2D eigenvalue weighted by molar-refractivity contribution is 8.00. The summed E-state index contributed by atoms with van der Waals surface area (Å²) in [5, 5.41) is 2.64. The number of pyridine rings is 1. The molecule has 0 aliphatic rings. The Morgan fingerprint density at radius 3 is 2.71 bits per heavy atom. The summed E-state index contributed by atoms with van der Waals surface area (Å²) in [5.74, 6) is 0.665. The summed E-state index contributed by atoms with van der Waals surface area (Å²) in [7, 11) is 0. The van der Waals surface area contributed by atoms with Gasteiger partial charge in [0.25, 0.3) is 5.91 Å². The van der Waals surface area contributed by atoms with E-state index in [0.717, 1.165) is 5.75 Å². The van der Waals surface area contributed by atoms with E-state index in [0.29, 0.717) is 17.1 Å². The Labute approximate surface area is 150 Å². The average molecular weight is 368 g/mol. The molecule has 7 heteroatoms. The number of nitrogens with zero attached hydrogens (tertiary/aromatic N) is 1. The number of hydrogen-bond donors (Lipinski definition) is 2. The number of carbonyl (C=O) groups excluding carboxylic acids is 1. The molecule has 0 aliphatic carbocycles. The first-order valence-electron chi connectivity index (χ1n) is 7.35. The number of aromatic nitrogens is 1. The van der Waals surface area contributed by atoms with Crippen LogP contribution in [0.3, 0.4) is 0 Å². The lowest BCUT2D eigenvalue weighted by atomic mass is 10.0. The molecule has 2 rings (SSSR count). The van der Waals surface area contributed by atoms with Gasteiger partial charge in [-0.1, -0.05) is 44.3 Å². The summed E-state index contributed by atoms with van der Waals surface area (Å²) >= 11 is 7.25. The first kappa shape index (κ1) is 18.5. The SMILES string of the molecule is CC(C)(C)CSNc1cc(C(=O)Nc2ccc(F)c(Cl)c2)ccn1. The van der Waals surface area contributed by atoms with E-state index in [1.165, 1.54) is 30.1 Å². The first-order valence-corrected chi connectivity index (χ1v) is 8.71. The first-order chi connectivity index (χ1) is 11.2. The lowest BCUT2D eigenvalue weighted by Crippen LogP contribution is -2.13. The maximum absolute atomic E-state index is 13.2. The van der Waals surface area contributed by atoms with Gasteiger partial charge in [0, 0.05) is 23.2 Å². The fourth-order valence-corrected chi connectivity index (χ4v) is 2.68. The van der Waals surface area contributed by atoms with Gasteiger partial charge in [-0.2, -0.15) is 0 Å². The monoisotopic (exact) mass is 367 g/mol. The zero-order valence-electron chi connectivity index (χ0n) is 13.7. The van der Waals surface area contributed by atoms with Crippen LogP contribution in [-0.4, -0.2) is 16.6 Å². The lowest BCUT2D eigenvalue weighted by Gasteiger charge is -2.17. The van der Waals surface area contributed by atoms with Gasteiger partial charge in [0.1, 0.15) is 11.6 Å². The number of hydrogen-bond acceptors (Lipinski definition) is 4. The molecular formula is C17H19ClFN3OS. The highest BCUT2D eigenvalue weighted by atomic mass is 35.5. The van der Waals surface area contributed by atoms with E-state index in [1.807, 2.05) is 0 Å². The lowest BCUT2D eigenvalue weighted by molar-refractivity contribution is 0.102. The summed E-state index contributed by atoms with van der Waals surface area (Å²) < 4.78 is 16.3. The van der Waals surface area contributed by atoms with Crippen molar-refractivity contribution in [1.82, 2.24) is 4.98 Å².